The van der Waals surface area contributed by atoms with Gasteiger partial charge >= 0.3 is 0 Å². The zero-order chi connectivity index (χ0) is 17.8. The molecule has 2 aromatic heterocycles. The highest BCUT2D eigenvalue weighted by Gasteiger charge is 2.21. The molecule has 0 N–H and O–H groups in total. The van der Waals surface area contributed by atoms with Crippen molar-refractivity contribution in [1.82, 2.24) is 4.90 Å². The van der Waals surface area contributed by atoms with Gasteiger partial charge in [0, 0.05) is 22.1 Å². The number of carbonyl (C=O) groups is 1. The molecule has 0 fully saturated rings. The van der Waals surface area contributed by atoms with Crippen LogP contribution < -0.4 is 0 Å². The first-order valence-corrected chi connectivity index (χ1v) is 8.51. The van der Waals surface area contributed by atoms with Gasteiger partial charge in [-0.3, -0.25) is 14.9 Å². The Hall–Kier alpha value is -2.93. The molecular formula is C18H16N2O4S. The van der Waals surface area contributed by atoms with Crippen molar-refractivity contribution in [2.75, 3.05) is 0 Å². The SMILES string of the molecule is Cc1ccc(C(=O)N(Cc2ccco2)Cc2cccs2)cc1[N+](=O)[O-]. The Bertz CT molecular complexity index is 836. The van der Waals surface area contributed by atoms with E-state index in [1.54, 1.807) is 53.7 Å². The van der Waals surface area contributed by atoms with E-state index in [4.69, 9.17) is 4.42 Å². The molecule has 0 saturated carbocycles. The van der Waals surface area contributed by atoms with Crippen LogP contribution in [0, 0.1) is 17.0 Å². The molecule has 3 aromatic rings. The molecule has 0 aliphatic heterocycles. The van der Waals surface area contributed by atoms with E-state index in [0.717, 1.165) is 4.88 Å². The summed E-state index contributed by atoms with van der Waals surface area (Å²) in [6, 6.07) is 12.0. The van der Waals surface area contributed by atoms with Crippen LogP contribution in [0.3, 0.4) is 0 Å². The van der Waals surface area contributed by atoms with Crippen LogP contribution in [0.2, 0.25) is 0 Å². The number of nitro benzene ring substituents is 1. The second-order valence-corrected chi connectivity index (χ2v) is 6.61. The molecular weight excluding hydrogens is 340 g/mol. The molecule has 1 amide bonds. The average molecular weight is 356 g/mol. The fraction of sp³-hybridized carbons (Fsp3) is 0.167. The third kappa shape index (κ3) is 3.95. The van der Waals surface area contributed by atoms with Crippen molar-refractivity contribution in [1.29, 1.82) is 0 Å². The topological polar surface area (TPSA) is 76.6 Å². The standard InChI is InChI=1S/C18H16N2O4S/c1-13-6-7-14(10-17(13)20(22)23)18(21)19(11-15-4-2-8-24-15)12-16-5-3-9-25-16/h2-10H,11-12H2,1H3. The second-order valence-electron chi connectivity index (χ2n) is 5.58. The molecule has 25 heavy (non-hydrogen) atoms. The molecule has 1 aromatic carbocycles. The molecule has 7 heteroatoms. The van der Waals surface area contributed by atoms with Crippen molar-refractivity contribution in [3.8, 4) is 0 Å². The maximum Gasteiger partial charge on any atom is 0.273 e. The van der Waals surface area contributed by atoms with Gasteiger partial charge in [-0.05, 0) is 36.6 Å². The molecule has 0 radical (unpaired) electrons. The van der Waals surface area contributed by atoms with Crippen LogP contribution in [-0.4, -0.2) is 15.7 Å². The lowest BCUT2D eigenvalue weighted by Crippen LogP contribution is -2.29. The van der Waals surface area contributed by atoms with Crippen LogP contribution in [0.4, 0.5) is 5.69 Å². The van der Waals surface area contributed by atoms with Gasteiger partial charge in [0.05, 0.1) is 24.3 Å². The maximum absolute atomic E-state index is 12.9. The van der Waals surface area contributed by atoms with E-state index >= 15 is 0 Å². The Labute approximate surface area is 148 Å². The number of thiophene rings is 1. The zero-order valence-electron chi connectivity index (χ0n) is 13.5. The van der Waals surface area contributed by atoms with E-state index in [1.807, 2.05) is 17.5 Å². The lowest BCUT2D eigenvalue weighted by molar-refractivity contribution is -0.385. The summed E-state index contributed by atoms with van der Waals surface area (Å²) in [6.45, 7) is 2.36. The number of nitrogens with zero attached hydrogens (tertiary/aromatic N) is 2. The average Bonchev–Trinajstić information content (AvgIpc) is 3.27. The highest BCUT2D eigenvalue weighted by molar-refractivity contribution is 7.09. The number of aryl methyl sites for hydroxylation is 1. The third-order valence-corrected chi connectivity index (χ3v) is 4.65. The first-order valence-electron chi connectivity index (χ1n) is 7.63. The quantitative estimate of drug-likeness (QED) is 0.484. The third-order valence-electron chi connectivity index (χ3n) is 3.79. The minimum absolute atomic E-state index is 0.0556. The van der Waals surface area contributed by atoms with Gasteiger partial charge in [-0.25, -0.2) is 0 Å². The van der Waals surface area contributed by atoms with Crippen molar-refractivity contribution in [2.45, 2.75) is 20.0 Å². The van der Waals surface area contributed by atoms with E-state index < -0.39 is 4.92 Å². The van der Waals surface area contributed by atoms with Crippen LogP contribution in [0.5, 0.6) is 0 Å². The summed E-state index contributed by atoms with van der Waals surface area (Å²) in [5.41, 5.74) is 0.762. The lowest BCUT2D eigenvalue weighted by atomic mass is 10.1. The van der Waals surface area contributed by atoms with E-state index in [9.17, 15) is 14.9 Å². The molecule has 0 aliphatic rings. The molecule has 0 unspecified atom stereocenters. The van der Waals surface area contributed by atoms with Gasteiger partial charge in [0.1, 0.15) is 5.76 Å². The van der Waals surface area contributed by atoms with Gasteiger partial charge in [-0.15, -0.1) is 11.3 Å². The second kappa shape index (κ2) is 7.31. The molecule has 0 aliphatic carbocycles. The van der Waals surface area contributed by atoms with Gasteiger partial charge in [-0.1, -0.05) is 12.1 Å². The Balaban J connectivity index is 1.90. The number of hydrogen-bond donors (Lipinski definition) is 0. The number of amides is 1. The molecule has 0 spiro atoms. The summed E-state index contributed by atoms with van der Waals surface area (Å²) < 4.78 is 5.35. The summed E-state index contributed by atoms with van der Waals surface area (Å²) in [7, 11) is 0. The highest BCUT2D eigenvalue weighted by atomic mass is 32.1. The predicted octanol–water partition coefficient (Wildman–Crippen LogP) is 4.40. The molecule has 6 nitrogen and oxygen atoms in total. The number of furan rings is 1. The van der Waals surface area contributed by atoms with E-state index in [-0.39, 0.29) is 11.6 Å². The summed E-state index contributed by atoms with van der Waals surface area (Å²) >= 11 is 1.55. The smallest absolute Gasteiger partial charge is 0.273 e. The van der Waals surface area contributed by atoms with Crippen LogP contribution in [0.1, 0.15) is 26.6 Å². The number of carbonyl (C=O) groups excluding carboxylic acids is 1. The van der Waals surface area contributed by atoms with Crippen molar-refractivity contribution in [3.63, 3.8) is 0 Å². The number of rotatable bonds is 6. The van der Waals surface area contributed by atoms with Gasteiger partial charge < -0.3 is 9.32 Å². The zero-order valence-corrected chi connectivity index (χ0v) is 14.4. The summed E-state index contributed by atoms with van der Waals surface area (Å²) in [5, 5.41) is 13.1. The van der Waals surface area contributed by atoms with Crippen molar-refractivity contribution >= 4 is 22.9 Å². The summed E-state index contributed by atoms with van der Waals surface area (Å²) in [5.74, 6) is 0.388. The fourth-order valence-corrected chi connectivity index (χ4v) is 3.22. The first kappa shape index (κ1) is 16.9. The molecule has 3 rings (SSSR count). The Kier molecular flexibility index (Phi) is 4.95. The number of hydrogen-bond acceptors (Lipinski definition) is 5. The summed E-state index contributed by atoms with van der Waals surface area (Å²) in [4.78, 5) is 26.3. The van der Waals surface area contributed by atoms with Crippen molar-refractivity contribution in [3.05, 3.63) is 86.0 Å². The molecule has 0 bridgehead atoms. The summed E-state index contributed by atoms with van der Waals surface area (Å²) in [6.07, 6.45) is 1.56. The van der Waals surface area contributed by atoms with E-state index in [0.29, 0.717) is 30.0 Å². The lowest BCUT2D eigenvalue weighted by Gasteiger charge is -2.21. The van der Waals surface area contributed by atoms with E-state index in [2.05, 4.69) is 0 Å². The molecule has 0 atom stereocenters. The molecule has 2 heterocycles. The van der Waals surface area contributed by atoms with Crippen LogP contribution in [-0.2, 0) is 13.1 Å². The van der Waals surface area contributed by atoms with Gasteiger partial charge in [0.2, 0.25) is 0 Å². The predicted molar refractivity (Wildman–Crippen MR) is 94.4 cm³/mol. The fourth-order valence-electron chi connectivity index (χ4n) is 2.50. The normalized spacial score (nSPS) is 10.6. The maximum atomic E-state index is 12.9. The Morgan fingerprint density at radius 3 is 2.72 bits per heavy atom. The van der Waals surface area contributed by atoms with Crippen molar-refractivity contribution < 1.29 is 14.1 Å². The highest BCUT2D eigenvalue weighted by Crippen LogP contribution is 2.22. The van der Waals surface area contributed by atoms with Gasteiger partial charge in [0.25, 0.3) is 11.6 Å². The first-order chi connectivity index (χ1) is 12.0. The monoisotopic (exact) mass is 356 g/mol. The number of benzene rings is 1. The minimum atomic E-state index is -0.470. The van der Waals surface area contributed by atoms with Crippen LogP contribution >= 0.6 is 11.3 Å². The van der Waals surface area contributed by atoms with Crippen LogP contribution in [0.25, 0.3) is 0 Å². The van der Waals surface area contributed by atoms with Gasteiger partial charge in [-0.2, -0.15) is 0 Å². The number of nitro groups is 1. The Morgan fingerprint density at radius 1 is 1.24 bits per heavy atom. The van der Waals surface area contributed by atoms with E-state index in [1.165, 1.54) is 6.07 Å². The molecule has 128 valence electrons. The largest absolute Gasteiger partial charge is 0.467 e. The van der Waals surface area contributed by atoms with Crippen molar-refractivity contribution in [2.24, 2.45) is 0 Å². The minimum Gasteiger partial charge on any atom is -0.467 e. The molecule has 0 saturated heterocycles. The van der Waals surface area contributed by atoms with Crippen LogP contribution in [0.15, 0.2) is 58.5 Å². The Morgan fingerprint density at radius 2 is 2.08 bits per heavy atom. The van der Waals surface area contributed by atoms with Gasteiger partial charge in [0.15, 0.2) is 0 Å².